The number of aromatic nitrogens is 4. The third-order valence-electron chi connectivity index (χ3n) is 5.63. The van der Waals surface area contributed by atoms with E-state index in [1.165, 1.54) is 18.4 Å². The van der Waals surface area contributed by atoms with Gasteiger partial charge in [0.1, 0.15) is 11.9 Å². The molecule has 1 aliphatic carbocycles. The molecule has 0 N–H and O–H groups in total. The molecule has 5 rings (SSSR count). The molecule has 0 amide bonds. The van der Waals surface area contributed by atoms with Crippen molar-refractivity contribution in [2.75, 3.05) is 11.4 Å². The zero-order valence-electron chi connectivity index (χ0n) is 16.0. The van der Waals surface area contributed by atoms with Gasteiger partial charge in [-0.2, -0.15) is 10.4 Å². The molecule has 28 heavy (non-hydrogen) atoms. The van der Waals surface area contributed by atoms with Crippen LogP contribution in [0.4, 0.5) is 5.82 Å². The second-order valence-electron chi connectivity index (χ2n) is 7.87. The Kier molecular flexibility index (Phi) is 4.09. The topological polar surface area (TPSA) is 70.6 Å². The van der Waals surface area contributed by atoms with Crippen molar-refractivity contribution in [2.45, 2.75) is 39.3 Å². The zero-order valence-corrected chi connectivity index (χ0v) is 16.0. The summed E-state index contributed by atoms with van der Waals surface area (Å²) in [6, 6.07) is 6.30. The summed E-state index contributed by atoms with van der Waals surface area (Å²) in [5, 5.41) is 13.6. The molecule has 0 aromatic carbocycles. The van der Waals surface area contributed by atoms with E-state index in [2.05, 4.69) is 38.0 Å². The van der Waals surface area contributed by atoms with Crippen molar-refractivity contribution in [3.63, 3.8) is 0 Å². The van der Waals surface area contributed by atoms with Gasteiger partial charge in [-0.25, -0.2) is 4.98 Å². The first-order chi connectivity index (χ1) is 13.7. The fraction of sp³-hybridized carbons (Fsp3) is 0.364. The molecular formula is C22H22N6. The van der Waals surface area contributed by atoms with E-state index < -0.39 is 0 Å². The summed E-state index contributed by atoms with van der Waals surface area (Å²) < 4.78 is 2.06. The van der Waals surface area contributed by atoms with Crippen LogP contribution in [0.25, 0.3) is 11.1 Å². The van der Waals surface area contributed by atoms with Crippen LogP contribution in [-0.2, 0) is 19.5 Å². The fourth-order valence-corrected chi connectivity index (χ4v) is 3.90. The van der Waals surface area contributed by atoms with Crippen LogP contribution in [0.5, 0.6) is 0 Å². The van der Waals surface area contributed by atoms with Crippen molar-refractivity contribution < 1.29 is 0 Å². The number of fused-ring (bicyclic) bond motifs is 1. The monoisotopic (exact) mass is 370 g/mol. The van der Waals surface area contributed by atoms with Gasteiger partial charge in [0.25, 0.3) is 0 Å². The quantitative estimate of drug-likeness (QED) is 0.703. The van der Waals surface area contributed by atoms with E-state index in [1.54, 1.807) is 6.20 Å². The van der Waals surface area contributed by atoms with Crippen molar-refractivity contribution in [1.29, 1.82) is 5.26 Å². The Bertz CT molecular complexity index is 1070. The molecule has 0 radical (unpaired) electrons. The smallest absolute Gasteiger partial charge is 0.131 e. The van der Waals surface area contributed by atoms with E-state index in [1.807, 2.05) is 25.4 Å². The normalized spacial score (nSPS) is 15.9. The van der Waals surface area contributed by atoms with Crippen LogP contribution in [-0.4, -0.2) is 26.3 Å². The number of hydrogen-bond acceptors (Lipinski definition) is 5. The molecule has 0 unspecified atom stereocenters. The first-order valence-electron chi connectivity index (χ1n) is 9.82. The number of nitrogens with zero attached hydrogens (tertiary/aromatic N) is 6. The zero-order chi connectivity index (χ0) is 19.1. The van der Waals surface area contributed by atoms with Gasteiger partial charge < -0.3 is 4.90 Å². The van der Waals surface area contributed by atoms with Gasteiger partial charge >= 0.3 is 0 Å². The fourth-order valence-electron chi connectivity index (χ4n) is 3.90. The second-order valence-corrected chi connectivity index (χ2v) is 7.87. The first kappa shape index (κ1) is 16.9. The van der Waals surface area contributed by atoms with Crippen LogP contribution >= 0.6 is 0 Å². The maximum absolute atomic E-state index is 9.07. The highest BCUT2D eigenvalue weighted by Gasteiger charge is 2.23. The lowest BCUT2D eigenvalue weighted by atomic mass is 10.0. The van der Waals surface area contributed by atoms with Gasteiger partial charge in [-0.3, -0.25) is 9.67 Å². The average Bonchev–Trinajstić information content (AvgIpc) is 3.41. The van der Waals surface area contributed by atoms with E-state index in [0.717, 1.165) is 60.2 Å². The third kappa shape index (κ3) is 3.24. The molecule has 6 heteroatoms. The van der Waals surface area contributed by atoms with Crippen LogP contribution in [0.2, 0.25) is 0 Å². The minimum absolute atomic E-state index is 0.603. The summed E-state index contributed by atoms with van der Waals surface area (Å²) in [6.45, 7) is 4.71. The molecule has 0 spiro atoms. The summed E-state index contributed by atoms with van der Waals surface area (Å²) in [4.78, 5) is 11.5. The second kappa shape index (κ2) is 6.75. The first-order valence-corrected chi connectivity index (χ1v) is 9.82. The lowest BCUT2D eigenvalue weighted by Gasteiger charge is -2.30. The van der Waals surface area contributed by atoms with Crippen molar-refractivity contribution in [1.82, 2.24) is 19.7 Å². The van der Waals surface area contributed by atoms with Gasteiger partial charge in [-0.15, -0.1) is 0 Å². The van der Waals surface area contributed by atoms with Crippen molar-refractivity contribution in [3.8, 4) is 17.2 Å². The van der Waals surface area contributed by atoms with E-state index in [9.17, 15) is 0 Å². The maximum Gasteiger partial charge on any atom is 0.131 e. The Morgan fingerprint density at radius 3 is 2.82 bits per heavy atom. The van der Waals surface area contributed by atoms with Crippen molar-refractivity contribution >= 4 is 5.82 Å². The van der Waals surface area contributed by atoms with Crippen LogP contribution in [0.3, 0.4) is 0 Å². The molecule has 1 saturated carbocycles. The van der Waals surface area contributed by atoms with Crippen molar-refractivity contribution in [2.24, 2.45) is 5.92 Å². The SMILES string of the molecule is Cc1cc(C#N)cnc1N1CCc2ncc(-c3cnn(CC4CC4)c3)cc2C1. The summed E-state index contributed by atoms with van der Waals surface area (Å²) in [5.74, 6) is 1.76. The summed E-state index contributed by atoms with van der Waals surface area (Å²) in [7, 11) is 0. The Morgan fingerprint density at radius 2 is 2.04 bits per heavy atom. The number of pyridine rings is 2. The lowest BCUT2D eigenvalue weighted by Crippen LogP contribution is -2.32. The predicted molar refractivity (Wildman–Crippen MR) is 107 cm³/mol. The Labute approximate surface area is 164 Å². The highest BCUT2D eigenvalue weighted by atomic mass is 15.3. The lowest BCUT2D eigenvalue weighted by molar-refractivity contribution is 0.563. The molecule has 6 nitrogen and oxygen atoms in total. The number of rotatable bonds is 4. The highest BCUT2D eigenvalue weighted by Crippen LogP contribution is 2.31. The maximum atomic E-state index is 9.07. The van der Waals surface area contributed by atoms with Gasteiger partial charge in [0.05, 0.1) is 11.8 Å². The van der Waals surface area contributed by atoms with Crippen LogP contribution in [0.1, 0.15) is 35.2 Å². The number of anilines is 1. The molecular weight excluding hydrogens is 348 g/mol. The molecule has 0 atom stereocenters. The summed E-state index contributed by atoms with van der Waals surface area (Å²) in [6.07, 6.45) is 11.3. The summed E-state index contributed by atoms with van der Waals surface area (Å²) in [5.41, 5.74) is 6.28. The highest BCUT2D eigenvalue weighted by molar-refractivity contribution is 5.62. The van der Waals surface area contributed by atoms with Gasteiger partial charge in [-0.1, -0.05) is 0 Å². The van der Waals surface area contributed by atoms with Crippen LogP contribution in [0, 0.1) is 24.2 Å². The van der Waals surface area contributed by atoms with Gasteiger partial charge in [0, 0.05) is 61.5 Å². The largest absolute Gasteiger partial charge is 0.352 e. The van der Waals surface area contributed by atoms with E-state index in [-0.39, 0.29) is 0 Å². The molecule has 2 aliphatic rings. The van der Waals surface area contributed by atoms with E-state index in [0.29, 0.717) is 5.56 Å². The minimum atomic E-state index is 0.603. The average molecular weight is 370 g/mol. The number of nitriles is 1. The molecule has 3 aromatic heterocycles. The predicted octanol–water partition coefficient (Wildman–Crippen LogP) is 3.49. The van der Waals surface area contributed by atoms with Gasteiger partial charge in [0.2, 0.25) is 0 Å². The van der Waals surface area contributed by atoms with Crippen LogP contribution < -0.4 is 4.90 Å². The Morgan fingerprint density at radius 1 is 1.14 bits per heavy atom. The Balaban J connectivity index is 1.40. The molecule has 1 fully saturated rings. The van der Waals surface area contributed by atoms with Gasteiger partial charge in [0.15, 0.2) is 0 Å². The van der Waals surface area contributed by atoms with Crippen LogP contribution in [0.15, 0.2) is 36.9 Å². The van der Waals surface area contributed by atoms with E-state index >= 15 is 0 Å². The molecule has 4 heterocycles. The summed E-state index contributed by atoms with van der Waals surface area (Å²) >= 11 is 0. The number of hydrogen-bond donors (Lipinski definition) is 0. The standard InChI is InChI=1S/C22H22N6/c1-15-6-17(8-23)9-25-22(15)27-5-4-21-19(13-27)7-18(10-24-21)20-11-26-28(14-20)12-16-2-3-16/h6-7,9-11,14,16H,2-5,12-13H2,1H3. The van der Waals surface area contributed by atoms with Gasteiger partial charge in [-0.05, 0) is 48.9 Å². The minimum Gasteiger partial charge on any atom is -0.352 e. The van der Waals surface area contributed by atoms with E-state index in [4.69, 9.17) is 10.2 Å². The third-order valence-corrected chi connectivity index (χ3v) is 5.63. The van der Waals surface area contributed by atoms with Crippen molar-refractivity contribution in [3.05, 3.63) is 59.3 Å². The Hall–Kier alpha value is -3.20. The molecule has 1 aliphatic heterocycles. The molecule has 140 valence electrons. The molecule has 3 aromatic rings. The number of aryl methyl sites for hydroxylation is 1. The molecule has 0 bridgehead atoms. The molecule has 0 saturated heterocycles.